The number of methoxy groups -OCH3 is 1. The molecule has 1 saturated heterocycles. The van der Waals surface area contributed by atoms with Crippen LogP contribution in [0.3, 0.4) is 0 Å². The number of amides is 1. The van der Waals surface area contributed by atoms with Gasteiger partial charge in [0.2, 0.25) is 0 Å². The lowest BCUT2D eigenvalue weighted by molar-refractivity contribution is -0.136. The maximum Gasteiger partial charge on any atom is 0.419 e. The summed E-state index contributed by atoms with van der Waals surface area (Å²) in [5.41, 5.74) is 4.11. The second-order valence-electron chi connectivity index (χ2n) is 8.37. The van der Waals surface area contributed by atoms with Crippen LogP contribution < -0.4 is 16.4 Å². The minimum Gasteiger partial charge on any atom is -0.408 e. The van der Waals surface area contributed by atoms with Crippen molar-refractivity contribution >= 4 is 17.0 Å². The smallest absolute Gasteiger partial charge is 0.408 e. The maximum absolute atomic E-state index is 12.7. The second-order valence-corrected chi connectivity index (χ2v) is 8.37. The molecule has 4 rings (SSSR count). The number of nitrogens with zero attached hydrogens (tertiary/aromatic N) is 2. The topological polar surface area (TPSA) is 119 Å². The molecular weight excluding hydrogens is 436 g/mol. The van der Waals surface area contributed by atoms with Gasteiger partial charge in [-0.1, -0.05) is 30.3 Å². The number of hydrogen-bond donors (Lipinski definition) is 2. The van der Waals surface area contributed by atoms with Crippen LogP contribution in [0.1, 0.15) is 12.0 Å². The van der Waals surface area contributed by atoms with Crippen LogP contribution in [0.25, 0.3) is 22.2 Å². The Morgan fingerprint density at radius 1 is 1.29 bits per heavy atom. The first-order chi connectivity index (χ1) is 16.5. The van der Waals surface area contributed by atoms with Crippen LogP contribution in [0.15, 0.2) is 51.7 Å². The van der Waals surface area contributed by atoms with Gasteiger partial charge in [0.1, 0.15) is 12.1 Å². The van der Waals surface area contributed by atoms with E-state index in [0.29, 0.717) is 25.2 Å². The molecule has 1 aliphatic rings. The van der Waals surface area contributed by atoms with E-state index in [-0.39, 0.29) is 12.0 Å². The molecule has 0 radical (unpaired) electrons. The highest BCUT2D eigenvalue weighted by Crippen LogP contribution is 2.24. The van der Waals surface area contributed by atoms with E-state index in [1.807, 2.05) is 36.4 Å². The Morgan fingerprint density at radius 3 is 2.79 bits per heavy atom. The zero-order valence-corrected chi connectivity index (χ0v) is 19.2. The first-order valence-corrected chi connectivity index (χ1v) is 11.2. The van der Waals surface area contributed by atoms with E-state index >= 15 is 0 Å². The summed E-state index contributed by atoms with van der Waals surface area (Å²) >= 11 is 0. The van der Waals surface area contributed by atoms with Crippen molar-refractivity contribution in [1.29, 1.82) is 5.26 Å². The average Bonchev–Trinajstić information content (AvgIpc) is 3.12. The van der Waals surface area contributed by atoms with Gasteiger partial charge in [-0.2, -0.15) is 5.26 Å². The fraction of sp³-hybridized carbons (Fsp3) is 0.400. The number of rotatable bonds is 6. The lowest BCUT2D eigenvalue weighted by atomic mass is 10.0. The number of aromatic nitrogens is 1. The molecular formula is C25H28N4O5. The van der Waals surface area contributed by atoms with E-state index < -0.39 is 17.9 Å². The highest BCUT2D eigenvalue weighted by molar-refractivity contribution is 5.82. The molecule has 0 unspecified atom stereocenters. The number of benzene rings is 2. The van der Waals surface area contributed by atoms with E-state index in [2.05, 4.69) is 16.7 Å². The molecule has 2 N–H and O–H groups in total. The number of aryl methyl sites for hydroxylation is 1. The molecule has 9 nitrogen and oxygen atoms in total. The molecule has 9 heteroatoms. The zero-order valence-electron chi connectivity index (χ0n) is 19.2. The predicted octanol–water partition coefficient (Wildman–Crippen LogP) is 1.74. The van der Waals surface area contributed by atoms with Crippen molar-refractivity contribution in [3.63, 3.8) is 0 Å². The van der Waals surface area contributed by atoms with Crippen molar-refractivity contribution < 1.29 is 18.7 Å². The monoisotopic (exact) mass is 464 g/mol. The van der Waals surface area contributed by atoms with Gasteiger partial charge in [-0.25, -0.2) is 4.79 Å². The Kier molecular flexibility index (Phi) is 7.43. The molecule has 1 aromatic heterocycles. The molecule has 0 saturated carbocycles. The number of fused-ring (bicyclic) bond motifs is 1. The summed E-state index contributed by atoms with van der Waals surface area (Å²) in [6.45, 7) is 1.47. The van der Waals surface area contributed by atoms with Gasteiger partial charge in [0.15, 0.2) is 5.58 Å². The minimum atomic E-state index is -0.678. The third kappa shape index (κ3) is 5.37. The van der Waals surface area contributed by atoms with Gasteiger partial charge >= 0.3 is 5.76 Å². The SMILES string of the molecule is CO[C@@H]1CCNC[C@@H](C(=O)N[C@H](C#N)Cc2ccc(-c3ccc4oc(=O)n(C)c4c3)cc2)OC1. The molecule has 3 atom stereocenters. The number of ether oxygens (including phenoxy) is 2. The van der Waals surface area contributed by atoms with Gasteiger partial charge < -0.3 is 24.5 Å². The number of carbonyl (C=O) groups excluding carboxylic acids is 1. The lowest BCUT2D eigenvalue weighted by Crippen LogP contribution is -2.49. The fourth-order valence-corrected chi connectivity index (χ4v) is 3.99. The Balaban J connectivity index is 1.40. The summed E-state index contributed by atoms with van der Waals surface area (Å²) < 4.78 is 17.7. The van der Waals surface area contributed by atoms with Crippen LogP contribution in [0, 0.1) is 11.3 Å². The fourth-order valence-electron chi connectivity index (χ4n) is 3.99. The third-order valence-electron chi connectivity index (χ3n) is 6.07. The summed E-state index contributed by atoms with van der Waals surface area (Å²) in [5, 5.41) is 15.6. The van der Waals surface area contributed by atoms with Crippen molar-refractivity contribution in [3.8, 4) is 17.2 Å². The Bertz CT molecular complexity index is 1240. The first-order valence-electron chi connectivity index (χ1n) is 11.2. The number of carbonyl (C=O) groups is 1. The van der Waals surface area contributed by atoms with Gasteiger partial charge in [-0.15, -0.1) is 0 Å². The molecule has 0 bridgehead atoms. The van der Waals surface area contributed by atoms with Crippen molar-refractivity contribution in [2.24, 2.45) is 7.05 Å². The molecule has 34 heavy (non-hydrogen) atoms. The van der Waals surface area contributed by atoms with E-state index in [9.17, 15) is 14.9 Å². The van der Waals surface area contributed by atoms with Crippen LogP contribution in [-0.4, -0.2) is 55.5 Å². The zero-order chi connectivity index (χ0) is 24.1. The van der Waals surface area contributed by atoms with Crippen molar-refractivity contribution in [1.82, 2.24) is 15.2 Å². The van der Waals surface area contributed by atoms with E-state index in [1.165, 1.54) is 4.57 Å². The number of hydrogen-bond acceptors (Lipinski definition) is 7. The van der Waals surface area contributed by atoms with Crippen molar-refractivity contribution in [2.45, 2.75) is 31.1 Å². The molecule has 3 aromatic rings. The summed E-state index contributed by atoms with van der Waals surface area (Å²) in [5.74, 6) is -0.711. The van der Waals surface area contributed by atoms with Gasteiger partial charge in [-0.05, 0) is 41.8 Å². The Morgan fingerprint density at radius 2 is 2.06 bits per heavy atom. The summed E-state index contributed by atoms with van der Waals surface area (Å²) in [6.07, 6.45) is 0.450. The lowest BCUT2D eigenvalue weighted by Gasteiger charge is -2.25. The highest BCUT2D eigenvalue weighted by atomic mass is 16.5. The minimum absolute atomic E-state index is 0.0625. The van der Waals surface area contributed by atoms with Gasteiger partial charge in [-0.3, -0.25) is 9.36 Å². The summed E-state index contributed by atoms with van der Waals surface area (Å²) in [7, 11) is 3.30. The largest absolute Gasteiger partial charge is 0.419 e. The van der Waals surface area contributed by atoms with E-state index in [4.69, 9.17) is 13.9 Å². The van der Waals surface area contributed by atoms with Crippen molar-refractivity contribution in [3.05, 3.63) is 58.6 Å². The summed E-state index contributed by atoms with van der Waals surface area (Å²) in [6, 6.07) is 14.9. The van der Waals surface area contributed by atoms with Crippen molar-refractivity contribution in [2.75, 3.05) is 26.8 Å². The van der Waals surface area contributed by atoms with E-state index in [0.717, 1.165) is 35.2 Å². The third-order valence-corrected chi connectivity index (χ3v) is 6.07. The molecule has 1 aliphatic heterocycles. The van der Waals surface area contributed by atoms with Crippen LogP contribution in [0.2, 0.25) is 0 Å². The molecule has 2 heterocycles. The highest BCUT2D eigenvalue weighted by Gasteiger charge is 2.25. The quantitative estimate of drug-likeness (QED) is 0.570. The van der Waals surface area contributed by atoms with Crippen LogP contribution >= 0.6 is 0 Å². The Hall–Kier alpha value is -3.45. The predicted molar refractivity (Wildman–Crippen MR) is 126 cm³/mol. The van der Waals surface area contributed by atoms with Gasteiger partial charge in [0.05, 0.1) is 24.3 Å². The normalized spacial score (nSPS) is 19.7. The molecule has 178 valence electrons. The van der Waals surface area contributed by atoms with Crippen LogP contribution in [0.4, 0.5) is 0 Å². The Labute approximate surface area is 197 Å². The first kappa shape index (κ1) is 23.7. The second kappa shape index (κ2) is 10.7. The maximum atomic E-state index is 12.7. The molecule has 2 aromatic carbocycles. The van der Waals surface area contributed by atoms with Crippen LogP contribution in [-0.2, 0) is 27.7 Å². The summed E-state index contributed by atoms with van der Waals surface area (Å²) in [4.78, 5) is 24.4. The standard InChI is InChI=1S/C25H28N4O5/c1-29-21-12-18(7-8-22(21)34-25(29)31)17-5-3-16(4-6-17)11-19(13-26)28-24(30)23-14-27-10-9-20(32-2)15-33-23/h3-8,12,19-20,23,27H,9-11,14-15H2,1-2H3,(H,28,30)/t19-,20+,23-/m0/s1. The average molecular weight is 465 g/mol. The molecule has 0 aliphatic carbocycles. The van der Waals surface area contributed by atoms with Gasteiger partial charge in [0.25, 0.3) is 5.91 Å². The number of nitriles is 1. The molecule has 1 fully saturated rings. The molecule has 0 spiro atoms. The van der Waals surface area contributed by atoms with Gasteiger partial charge in [0, 0.05) is 27.1 Å². The van der Waals surface area contributed by atoms with E-state index in [1.54, 1.807) is 20.2 Å². The molecule has 1 amide bonds. The number of nitrogens with one attached hydrogen (secondary N) is 2. The van der Waals surface area contributed by atoms with Crippen LogP contribution in [0.5, 0.6) is 0 Å². The number of oxazole rings is 1.